The van der Waals surface area contributed by atoms with E-state index in [9.17, 15) is 16.4 Å². The normalized spacial score (nSPS) is 17.1. The van der Waals surface area contributed by atoms with E-state index in [4.69, 9.17) is 35.8 Å². The van der Waals surface area contributed by atoms with E-state index < -0.39 is 223 Å². The fraction of sp³-hybridized carbons (Fsp3) is 0. The highest BCUT2D eigenvalue weighted by molar-refractivity contribution is 6.15. The summed E-state index contributed by atoms with van der Waals surface area (Å²) >= 11 is 0. The second kappa shape index (κ2) is 14.0. The molecular weight excluding hydrogens is 771 g/mol. The number of furan rings is 1. The Balaban J connectivity index is 1.27. The van der Waals surface area contributed by atoms with Crippen LogP contribution in [-0.4, -0.2) is 24.1 Å². The monoisotopic (exact) mass is 829 g/mol. The highest BCUT2D eigenvalue weighted by Crippen LogP contribution is 2.41. The van der Waals surface area contributed by atoms with Gasteiger partial charge >= 0.3 is 0 Å². The molecule has 0 bridgehead atoms. The van der Waals surface area contributed by atoms with Crippen LogP contribution in [0.1, 0.15) is 32.9 Å². The maximum absolute atomic E-state index is 9.99. The molecule has 0 aliphatic rings. The number of hydrogen-bond acceptors (Lipinski definition) is 4. The highest BCUT2D eigenvalue weighted by Gasteiger charge is 2.23. The van der Waals surface area contributed by atoms with Gasteiger partial charge in [-0.05, 0) is 70.2 Å². The van der Waals surface area contributed by atoms with Crippen molar-refractivity contribution in [3.63, 3.8) is 0 Å². The van der Waals surface area contributed by atoms with E-state index in [1.807, 2.05) is 42.5 Å². The molecule has 0 amide bonds. The number of fused-ring (bicyclic) bond motifs is 9. The smallest absolute Gasteiger partial charge is 0.240 e. The van der Waals surface area contributed by atoms with E-state index in [1.165, 1.54) is 0 Å². The molecule has 0 aliphatic heterocycles. The van der Waals surface area contributed by atoms with Crippen molar-refractivity contribution in [1.82, 2.24) is 24.1 Å². The summed E-state index contributed by atoms with van der Waals surface area (Å²) in [6.07, 6.45) is 0. The van der Waals surface area contributed by atoms with Gasteiger partial charge in [-0.1, -0.05) is 169 Å². The van der Waals surface area contributed by atoms with Crippen molar-refractivity contribution in [2.75, 3.05) is 0 Å². The number of rotatable bonds is 6. The largest absolute Gasteiger partial charge is 0.456 e. The molecule has 63 heavy (non-hydrogen) atoms. The summed E-state index contributed by atoms with van der Waals surface area (Å²) in [5, 5.41) is -0.619. The first kappa shape index (κ1) is 19.0. The first-order valence-electron chi connectivity index (χ1n) is 31.2. The van der Waals surface area contributed by atoms with Crippen LogP contribution in [0, 0.1) is 0 Å². The van der Waals surface area contributed by atoms with Crippen molar-refractivity contribution in [2.24, 2.45) is 0 Å². The van der Waals surface area contributed by atoms with Crippen LogP contribution in [0.25, 0.3) is 122 Å². The standard InChI is InChI=1S/C57H35N5O/c1-4-16-36(17-5-1)39-31-33-50-47(34-39)45-26-14-25-42(38-20-8-3-9-21-38)54(45)62(50)57-59-55(58-56(60-57)61-48-27-12-10-22-43(48)44-23-11-13-28-49(44)61)40-30-32-46-52(35-40)63-51-29-15-24-41(53(46)51)37-18-6-2-7-19-37/h1-35H/i1D,3D,4D,5D,8D,9D,10D,11D,12D,13D,14D,16D,17D,20D,21D,22D,23D,25D,26D,27D,28D,31D,33D,34D. The molecule has 0 spiro atoms. The van der Waals surface area contributed by atoms with Crippen LogP contribution in [0.15, 0.2) is 216 Å². The maximum Gasteiger partial charge on any atom is 0.240 e. The van der Waals surface area contributed by atoms with Crippen LogP contribution in [0.2, 0.25) is 0 Å². The molecule has 4 aromatic heterocycles. The summed E-state index contributed by atoms with van der Waals surface area (Å²) < 4.78 is 226. The van der Waals surface area contributed by atoms with Crippen LogP contribution in [0.4, 0.5) is 0 Å². The zero-order chi connectivity index (χ0) is 62.3. The highest BCUT2D eigenvalue weighted by atomic mass is 16.3. The second-order valence-electron chi connectivity index (χ2n) is 14.2. The lowest BCUT2D eigenvalue weighted by atomic mass is 9.99. The van der Waals surface area contributed by atoms with Crippen LogP contribution in [0.5, 0.6) is 0 Å². The minimum absolute atomic E-state index is 0.0941. The van der Waals surface area contributed by atoms with Gasteiger partial charge in [-0.3, -0.25) is 9.13 Å². The second-order valence-corrected chi connectivity index (χ2v) is 14.2. The minimum Gasteiger partial charge on any atom is -0.456 e. The maximum atomic E-state index is 9.99. The molecule has 0 aliphatic carbocycles. The molecule has 0 saturated heterocycles. The van der Waals surface area contributed by atoms with Gasteiger partial charge in [0.1, 0.15) is 11.2 Å². The van der Waals surface area contributed by atoms with E-state index in [1.54, 1.807) is 24.3 Å². The Kier molecular flexibility index (Phi) is 4.21. The van der Waals surface area contributed by atoms with Crippen LogP contribution < -0.4 is 0 Å². The molecule has 0 fully saturated rings. The van der Waals surface area contributed by atoms with Crippen molar-refractivity contribution in [3.8, 4) is 56.7 Å². The summed E-state index contributed by atoms with van der Waals surface area (Å²) in [6.45, 7) is 0. The quantitative estimate of drug-likeness (QED) is 0.167. The molecule has 6 heteroatoms. The summed E-state index contributed by atoms with van der Waals surface area (Å²) in [5.41, 5.74) is -2.55. The predicted octanol–water partition coefficient (Wildman–Crippen LogP) is 14.6. The average molecular weight is 830 g/mol. The van der Waals surface area contributed by atoms with Gasteiger partial charge in [-0.15, -0.1) is 0 Å². The lowest BCUT2D eigenvalue weighted by Crippen LogP contribution is -2.10. The molecule has 4 heterocycles. The Morgan fingerprint density at radius 2 is 1.06 bits per heavy atom. The van der Waals surface area contributed by atoms with Crippen LogP contribution >= 0.6 is 0 Å². The van der Waals surface area contributed by atoms with Gasteiger partial charge < -0.3 is 4.42 Å². The fourth-order valence-corrected chi connectivity index (χ4v) is 8.05. The molecule has 0 saturated carbocycles. The number of benzene rings is 9. The van der Waals surface area contributed by atoms with Gasteiger partial charge in [0.05, 0.1) is 55.0 Å². The molecule has 6 nitrogen and oxygen atoms in total. The Labute approximate surface area is 395 Å². The Hall–Kier alpha value is -8.61. The van der Waals surface area contributed by atoms with Crippen molar-refractivity contribution in [3.05, 3.63) is 212 Å². The zero-order valence-corrected chi connectivity index (χ0v) is 32.0. The van der Waals surface area contributed by atoms with Crippen molar-refractivity contribution >= 4 is 65.6 Å². The summed E-state index contributed by atoms with van der Waals surface area (Å²) in [6, 6.07) is -0.852. The number of aromatic nitrogens is 5. The summed E-state index contributed by atoms with van der Waals surface area (Å²) in [7, 11) is 0. The molecule has 0 unspecified atom stereocenters. The van der Waals surface area contributed by atoms with Gasteiger partial charge in [0.2, 0.25) is 11.9 Å². The number of hydrogen-bond donors (Lipinski definition) is 0. The Morgan fingerprint density at radius 1 is 0.397 bits per heavy atom. The van der Waals surface area contributed by atoms with Crippen molar-refractivity contribution < 1.29 is 37.3 Å². The van der Waals surface area contributed by atoms with Crippen LogP contribution in [0.3, 0.4) is 0 Å². The predicted molar refractivity (Wildman–Crippen MR) is 258 cm³/mol. The fourth-order valence-electron chi connectivity index (χ4n) is 8.05. The number of nitrogens with zero attached hydrogens (tertiary/aromatic N) is 5. The lowest BCUT2D eigenvalue weighted by Gasteiger charge is -2.14. The summed E-state index contributed by atoms with van der Waals surface area (Å²) in [4.78, 5) is 14.6. The molecule has 9 aromatic carbocycles. The Bertz CT molecular complexity index is 5220. The lowest BCUT2D eigenvalue weighted by molar-refractivity contribution is 0.669. The zero-order valence-electron chi connectivity index (χ0n) is 56.0. The van der Waals surface area contributed by atoms with Gasteiger partial charge in [-0.2, -0.15) is 15.0 Å². The topological polar surface area (TPSA) is 61.7 Å². The number of para-hydroxylation sites is 3. The van der Waals surface area contributed by atoms with Crippen LogP contribution in [-0.2, 0) is 0 Å². The summed E-state index contributed by atoms with van der Waals surface area (Å²) in [5.74, 6) is -1.78. The molecule has 13 rings (SSSR count). The van der Waals surface area contributed by atoms with E-state index >= 15 is 0 Å². The SMILES string of the molecule is [2H]c1c([2H])c([2H])c(-c2c([2H])c([2H])c3c(c2[2H])c2c([2H])c([2H])c([2H])c(-c4c([2H])c([2H])c([2H])c([2H])c4[2H])c2n3-c2nc(-c3ccc4c(c3)oc3cccc(-c5ccccc5)c34)nc(-n3c4c([2H])c([2H])c([2H])c([2H])c4c4c([2H])c([2H])c([2H])c([2H])c43)n2)c([2H])c1[2H]. The Morgan fingerprint density at radius 3 is 1.83 bits per heavy atom. The van der Waals surface area contributed by atoms with Gasteiger partial charge in [0.15, 0.2) is 5.82 Å². The first-order chi connectivity index (χ1) is 41.2. The molecule has 0 atom stereocenters. The third-order valence-electron chi connectivity index (χ3n) is 10.7. The van der Waals surface area contributed by atoms with E-state index in [0.29, 0.717) is 11.0 Å². The van der Waals surface area contributed by atoms with Crippen molar-refractivity contribution in [2.45, 2.75) is 0 Å². The van der Waals surface area contributed by atoms with Crippen molar-refractivity contribution in [1.29, 1.82) is 0 Å². The molecule has 0 N–H and O–H groups in total. The molecule has 294 valence electrons. The first-order valence-corrected chi connectivity index (χ1v) is 19.2. The third kappa shape index (κ3) is 5.55. The van der Waals surface area contributed by atoms with Gasteiger partial charge in [-0.25, -0.2) is 0 Å². The molecule has 13 aromatic rings. The van der Waals surface area contributed by atoms with E-state index in [0.717, 1.165) is 25.6 Å². The molecule has 0 radical (unpaired) electrons. The van der Waals surface area contributed by atoms with Gasteiger partial charge in [0, 0.05) is 43.4 Å². The minimum atomic E-state index is -0.961. The third-order valence-corrected chi connectivity index (χ3v) is 10.7. The van der Waals surface area contributed by atoms with E-state index in [2.05, 4.69) is 0 Å². The molecular formula is C57H35N5O. The van der Waals surface area contributed by atoms with E-state index in [-0.39, 0.29) is 17.0 Å². The average Bonchev–Trinajstić information content (AvgIpc) is 1.58. The van der Waals surface area contributed by atoms with Gasteiger partial charge in [0.25, 0.3) is 0 Å².